The van der Waals surface area contributed by atoms with Crippen LogP contribution >= 0.6 is 23.2 Å². The molecule has 10 heteroatoms. The van der Waals surface area contributed by atoms with Gasteiger partial charge in [-0.25, -0.2) is 15.0 Å². The highest BCUT2D eigenvalue weighted by Crippen LogP contribution is 2.27. The van der Waals surface area contributed by atoms with E-state index >= 15 is 0 Å². The molecule has 5 aromatic carbocycles. The van der Waals surface area contributed by atoms with Crippen LogP contribution < -0.4 is 19.6 Å². The van der Waals surface area contributed by atoms with Crippen LogP contribution in [0.1, 0.15) is 33.2 Å². The van der Waals surface area contributed by atoms with Gasteiger partial charge in [0.25, 0.3) is 5.91 Å². The molecule has 0 spiro atoms. The number of hydrazone groups is 1. The van der Waals surface area contributed by atoms with E-state index in [0.29, 0.717) is 21.4 Å². The second-order valence-electron chi connectivity index (χ2n) is 9.88. The maximum absolute atomic E-state index is 12.9. The molecule has 0 fully saturated rings. The number of carbonyl (C=O) groups is 3. The molecule has 0 aromatic heterocycles. The summed E-state index contributed by atoms with van der Waals surface area (Å²) in [6.07, 6.45) is 0.436. The Hall–Kier alpha value is -5.44. The number of esters is 2. The quantitative estimate of drug-likeness (QED) is 0.0709. The molecule has 0 unspecified atom stereocenters. The van der Waals surface area contributed by atoms with Gasteiger partial charge >= 0.3 is 11.9 Å². The maximum Gasteiger partial charge on any atom is 0.343 e. The lowest BCUT2D eigenvalue weighted by molar-refractivity contribution is -0.127. The Morgan fingerprint density at radius 2 is 1.22 bits per heavy atom. The van der Waals surface area contributed by atoms with Crippen molar-refractivity contribution in [1.82, 2.24) is 5.43 Å². The highest BCUT2D eigenvalue weighted by atomic mass is 35.5. The van der Waals surface area contributed by atoms with Crippen LogP contribution in [0.25, 0.3) is 11.1 Å². The predicted molar refractivity (Wildman–Crippen MR) is 177 cm³/mol. The summed E-state index contributed by atoms with van der Waals surface area (Å²) < 4.78 is 16.9. The Morgan fingerprint density at radius 1 is 0.674 bits per heavy atom. The molecule has 0 aliphatic rings. The summed E-state index contributed by atoms with van der Waals surface area (Å²) in [5.41, 5.74) is 5.36. The van der Waals surface area contributed by atoms with Crippen molar-refractivity contribution in [1.29, 1.82) is 0 Å². The minimum absolute atomic E-state index is 0.0298. The van der Waals surface area contributed by atoms with Crippen molar-refractivity contribution < 1.29 is 28.6 Å². The van der Waals surface area contributed by atoms with Gasteiger partial charge in [-0.1, -0.05) is 65.7 Å². The van der Waals surface area contributed by atoms with Gasteiger partial charge in [0, 0.05) is 21.7 Å². The van der Waals surface area contributed by atoms with E-state index in [-0.39, 0.29) is 22.6 Å². The molecule has 0 aliphatic carbocycles. The average Bonchev–Trinajstić information content (AvgIpc) is 3.07. The Balaban J connectivity index is 1.27. The molecule has 0 heterocycles. The third-order valence-electron chi connectivity index (χ3n) is 6.58. The number of rotatable bonds is 10. The van der Waals surface area contributed by atoms with Crippen LogP contribution in [0.2, 0.25) is 10.0 Å². The van der Waals surface area contributed by atoms with Crippen molar-refractivity contribution in [3.63, 3.8) is 0 Å². The number of halogens is 2. The van der Waals surface area contributed by atoms with E-state index in [1.807, 2.05) is 42.5 Å². The first kappa shape index (κ1) is 32.0. The molecule has 46 heavy (non-hydrogen) atoms. The van der Waals surface area contributed by atoms with Crippen LogP contribution in [0.5, 0.6) is 17.2 Å². The molecule has 0 saturated carbocycles. The zero-order valence-corrected chi connectivity index (χ0v) is 25.9. The number of nitrogens with zero attached hydrogens (tertiary/aromatic N) is 1. The lowest BCUT2D eigenvalue weighted by atomic mass is 10.1. The van der Waals surface area contributed by atoms with Crippen molar-refractivity contribution in [2.45, 2.75) is 13.0 Å². The fraction of sp³-hybridized carbons (Fsp3) is 0.0556. The Morgan fingerprint density at radius 3 is 1.83 bits per heavy atom. The monoisotopic (exact) mass is 652 g/mol. The van der Waals surface area contributed by atoms with Crippen molar-refractivity contribution in [3.05, 3.63) is 148 Å². The number of nitrogens with one attached hydrogen (secondary N) is 1. The van der Waals surface area contributed by atoms with E-state index in [0.717, 1.165) is 11.1 Å². The van der Waals surface area contributed by atoms with E-state index in [1.165, 1.54) is 48.7 Å². The van der Waals surface area contributed by atoms with Crippen molar-refractivity contribution >= 4 is 47.3 Å². The van der Waals surface area contributed by atoms with Crippen molar-refractivity contribution in [2.75, 3.05) is 0 Å². The summed E-state index contributed by atoms with van der Waals surface area (Å²) in [4.78, 5) is 38.3. The summed E-state index contributed by atoms with van der Waals surface area (Å²) in [5, 5.41) is 4.95. The largest absolute Gasteiger partial charge is 0.481 e. The fourth-order valence-corrected chi connectivity index (χ4v) is 4.39. The van der Waals surface area contributed by atoms with Crippen LogP contribution in [0, 0.1) is 0 Å². The van der Waals surface area contributed by atoms with Gasteiger partial charge in [0.2, 0.25) is 0 Å². The molecular weight excluding hydrogens is 627 g/mol. The van der Waals surface area contributed by atoms with Gasteiger partial charge in [-0.2, -0.15) is 5.10 Å². The minimum Gasteiger partial charge on any atom is -0.481 e. The van der Waals surface area contributed by atoms with Gasteiger partial charge in [0.15, 0.2) is 6.10 Å². The van der Waals surface area contributed by atoms with Crippen molar-refractivity contribution in [3.8, 4) is 28.4 Å². The van der Waals surface area contributed by atoms with Crippen LogP contribution in [0.4, 0.5) is 0 Å². The Kier molecular flexibility index (Phi) is 10.4. The van der Waals surface area contributed by atoms with Gasteiger partial charge in [0.1, 0.15) is 17.2 Å². The van der Waals surface area contributed by atoms with Crippen LogP contribution in [0.3, 0.4) is 0 Å². The number of hydrogen-bond acceptors (Lipinski definition) is 7. The summed E-state index contributed by atoms with van der Waals surface area (Å²) in [7, 11) is 0. The van der Waals surface area contributed by atoms with Gasteiger partial charge < -0.3 is 14.2 Å². The standard InChI is InChI=1S/C36H26Cl2N2O6/c1-23(44-31-18-11-25(12-19-31)24-5-3-2-4-6-24)34(41)40-39-22-28-13-20-32(45-35(42)26-7-14-29(37)15-8-26)21-33(28)46-36(43)27-9-16-30(38)17-10-27/h2-23H,1H3,(H,40,41)/b39-22-/t23-/m1/s1. The molecule has 0 aliphatic heterocycles. The smallest absolute Gasteiger partial charge is 0.343 e. The number of carbonyl (C=O) groups excluding carboxylic acids is 3. The first-order valence-electron chi connectivity index (χ1n) is 14.0. The highest BCUT2D eigenvalue weighted by molar-refractivity contribution is 6.31. The lowest BCUT2D eigenvalue weighted by Crippen LogP contribution is -2.33. The number of benzene rings is 5. The van der Waals surface area contributed by atoms with E-state index < -0.39 is 23.9 Å². The summed E-state index contributed by atoms with van der Waals surface area (Å²) in [5.74, 6) is -1.16. The first-order valence-corrected chi connectivity index (χ1v) is 14.8. The molecule has 0 radical (unpaired) electrons. The lowest BCUT2D eigenvalue weighted by Gasteiger charge is -2.13. The van der Waals surface area contributed by atoms with Gasteiger partial charge in [-0.05, 0) is 90.8 Å². The molecule has 5 aromatic rings. The van der Waals surface area contributed by atoms with E-state index in [9.17, 15) is 14.4 Å². The predicted octanol–water partition coefficient (Wildman–Crippen LogP) is 8.02. The SMILES string of the molecule is C[C@@H](Oc1ccc(-c2ccccc2)cc1)C(=O)N/N=C\c1ccc(OC(=O)c2ccc(Cl)cc2)cc1OC(=O)c1ccc(Cl)cc1. The molecule has 0 saturated heterocycles. The summed E-state index contributed by atoms with van der Waals surface area (Å²) in [6, 6.07) is 34.0. The molecule has 0 bridgehead atoms. The maximum atomic E-state index is 12.9. The van der Waals surface area contributed by atoms with E-state index in [4.69, 9.17) is 37.4 Å². The number of amides is 1. The van der Waals surface area contributed by atoms with Crippen LogP contribution in [0.15, 0.2) is 126 Å². The second kappa shape index (κ2) is 15.0. The van der Waals surface area contributed by atoms with E-state index in [2.05, 4.69) is 10.5 Å². The first-order chi connectivity index (χ1) is 22.2. The molecule has 8 nitrogen and oxygen atoms in total. The number of hydrogen-bond donors (Lipinski definition) is 1. The van der Waals surface area contributed by atoms with E-state index in [1.54, 1.807) is 43.3 Å². The zero-order chi connectivity index (χ0) is 32.5. The van der Waals surface area contributed by atoms with Crippen molar-refractivity contribution in [2.24, 2.45) is 5.10 Å². The normalized spacial score (nSPS) is 11.5. The van der Waals surface area contributed by atoms with Gasteiger partial charge in [-0.3, -0.25) is 4.79 Å². The number of ether oxygens (including phenoxy) is 3. The Bertz CT molecular complexity index is 1860. The zero-order valence-electron chi connectivity index (χ0n) is 24.4. The molecule has 5 rings (SSSR count). The van der Waals surface area contributed by atoms with Gasteiger partial charge in [-0.15, -0.1) is 0 Å². The third-order valence-corrected chi connectivity index (χ3v) is 7.08. The summed E-state index contributed by atoms with van der Waals surface area (Å²) >= 11 is 11.8. The highest BCUT2D eigenvalue weighted by Gasteiger charge is 2.17. The molecule has 1 N–H and O–H groups in total. The van der Waals surface area contributed by atoms with Gasteiger partial charge in [0.05, 0.1) is 17.3 Å². The Labute approximate surface area is 275 Å². The molecule has 230 valence electrons. The average molecular weight is 654 g/mol. The molecule has 1 amide bonds. The minimum atomic E-state index is -0.864. The van der Waals surface area contributed by atoms with Crippen LogP contribution in [-0.2, 0) is 4.79 Å². The summed E-state index contributed by atoms with van der Waals surface area (Å²) in [6.45, 7) is 1.60. The van der Waals surface area contributed by atoms with Crippen LogP contribution in [-0.4, -0.2) is 30.2 Å². The fourth-order valence-electron chi connectivity index (χ4n) is 4.14. The molecular formula is C36H26Cl2N2O6. The molecule has 1 atom stereocenters. The second-order valence-corrected chi connectivity index (χ2v) is 10.8. The topological polar surface area (TPSA) is 103 Å². The third kappa shape index (κ3) is 8.59.